The van der Waals surface area contributed by atoms with Crippen LogP contribution in [-0.2, 0) is 8.85 Å². The molecule has 0 saturated heterocycles. The summed E-state index contributed by atoms with van der Waals surface area (Å²) in [6, 6.07) is 0. The highest BCUT2D eigenvalue weighted by atomic mass is 28.4. The van der Waals surface area contributed by atoms with Gasteiger partial charge in [-0.25, -0.2) is 0 Å². The molecular formula is C13H32O2Si2. The molecule has 0 saturated carbocycles. The third-order valence-electron chi connectivity index (χ3n) is 2.66. The van der Waals surface area contributed by atoms with Gasteiger partial charge in [0.1, 0.15) is 0 Å². The summed E-state index contributed by atoms with van der Waals surface area (Å²) >= 11 is 0. The third kappa shape index (κ3) is 10.0. The highest BCUT2D eigenvalue weighted by Gasteiger charge is 2.29. The number of hydrogen-bond donors (Lipinski definition) is 0. The second-order valence-corrected chi connectivity index (χ2v) is 16.9. The molecule has 0 aliphatic heterocycles. The van der Waals surface area contributed by atoms with Gasteiger partial charge in [-0.1, -0.05) is 20.8 Å². The fourth-order valence-corrected chi connectivity index (χ4v) is 2.65. The Morgan fingerprint density at radius 2 is 1.06 bits per heavy atom. The van der Waals surface area contributed by atoms with E-state index in [0.717, 1.165) is 13.2 Å². The standard InChI is InChI=1S/C13H32O2Si2/c1-13(2,3)12(10-14-16(4,5)6)11-15-17(7,8)9/h12H,10-11H2,1-9H3. The molecule has 0 aromatic carbocycles. The minimum absolute atomic E-state index is 0.249. The SMILES string of the molecule is CC(C)(C)C(CO[Si](C)(C)C)CO[Si](C)(C)C. The fraction of sp³-hybridized carbons (Fsp3) is 1.00. The van der Waals surface area contributed by atoms with Crippen LogP contribution in [0.5, 0.6) is 0 Å². The lowest BCUT2D eigenvalue weighted by atomic mass is 9.82. The van der Waals surface area contributed by atoms with Crippen molar-refractivity contribution in [2.24, 2.45) is 11.3 Å². The van der Waals surface area contributed by atoms with Crippen LogP contribution in [0.25, 0.3) is 0 Å². The van der Waals surface area contributed by atoms with Crippen LogP contribution in [0.15, 0.2) is 0 Å². The third-order valence-corrected chi connectivity index (χ3v) is 4.73. The average Bonchev–Trinajstić information content (AvgIpc) is 1.96. The molecule has 2 nitrogen and oxygen atoms in total. The van der Waals surface area contributed by atoms with E-state index in [1.165, 1.54) is 0 Å². The molecule has 104 valence electrons. The maximum atomic E-state index is 6.06. The number of rotatable bonds is 6. The molecule has 0 spiro atoms. The topological polar surface area (TPSA) is 18.5 Å². The predicted octanol–water partition coefficient (Wildman–Crippen LogP) is 4.35. The van der Waals surface area contributed by atoms with Crippen LogP contribution < -0.4 is 0 Å². The van der Waals surface area contributed by atoms with Crippen LogP contribution in [0.1, 0.15) is 20.8 Å². The van der Waals surface area contributed by atoms with Crippen molar-refractivity contribution in [3.8, 4) is 0 Å². The Kier molecular flexibility index (Phi) is 6.12. The van der Waals surface area contributed by atoms with E-state index >= 15 is 0 Å². The molecule has 0 fully saturated rings. The molecule has 4 heteroatoms. The summed E-state index contributed by atoms with van der Waals surface area (Å²) in [7, 11) is -2.84. The maximum absolute atomic E-state index is 6.06. The van der Waals surface area contributed by atoms with Gasteiger partial charge in [-0.3, -0.25) is 0 Å². The molecule has 0 heterocycles. The van der Waals surface area contributed by atoms with Gasteiger partial charge in [-0.15, -0.1) is 0 Å². The zero-order valence-corrected chi connectivity index (χ0v) is 15.3. The Hall–Kier alpha value is 0.354. The Morgan fingerprint density at radius 1 is 0.765 bits per heavy atom. The molecule has 0 aliphatic rings. The van der Waals surface area contributed by atoms with Crippen LogP contribution in [-0.4, -0.2) is 29.8 Å². The maximum Gasteiger partial charge on any atom is 0.183 e. The Balaban J connectivity index is 4.37. The monoisotopic (exact) mass is 276 g/mol. The summed E-state index contributed by atoms with van der Waals surface area (Å²) in [6.07, 6.45) is 0. The van der Waals surface area contributed by atoms with Gasteiger partial charge < -0.3 is 8.85 Å². The first kappa shape index (κ1) is 17.4. The Labute approximate surface area is 110 Å². The highest BCUT2D eigenvalue weighted by Crippen LogP contribution is 2.28. The van der Waals surface area contributed by atoms with E-state index in [0.29, 0.717) is 5.92 Å². The second kappa shape index (κ2) is 6.00. The lowest BCUT2D eigenvalue weighted by molar-refractivity contribution is 0.0865. The molecule has 0 aromatic heterocycles. The van der Waals surface area contributed by atoms with Crippen LogP contribution >= 0.6 is 0 Å². The van der Waals surface area contributed by atoms with Crippen LogP contribution in [0.2, 0.25) is 39.3 Å². The molecule has 0 aliphatic carbocycles. The summed E-state index contributed by atoms with van der Waals surface area (Å²) in [5.41, 5.74) is 0.249. The van der Waals surface area contributed by atoms with E-state index < -0.39 is 16.6 Å². The second-order valence-electron chi connectivity index (χ2n) is 7.91. The smallest absolute Gasteiger partial charge is 0.183 e. The molecule has 0 radical (unpaired) electrons. The zero-order chi connectivity index (χ0) is 13.9. The Morgan fingerprint density at radius 3 is 1.24 bits per heavy atom. The predicted molar refractivity (Wildman–Crippen MR) is 81.5 cm³/mol. The largest absolute Gasteiger partial charge is 0.417 e. The summed E-state index contributed by atoms with van der Waals surface area (Å²) in [5, 5.41) is 0. The normalized spacial score (nSPS) is 14.5. The van der Waals surface area contributed by atoms with E-state index in [-0.39, 0.29) is 5.41 Å². The van der Waals surface area contributed by atoms with E-state index in [1.807, 2.05) is 0 Å². The van der Waals surface area contributed by atoms with Gasteiger partial charge in [0, 0.05) is 19.1 Å². The van der Waals surface area contributed by atoms with E-state index in [4.69, 9.17) is 8.85 Å². The van der Waals surface area contributed by atoms with Crippen molar-refractivity contribution in [2.45, 2.75) is 60.1 Å². The minimum Gasteiger partial charge on any atom is -0.417 e. The average molecular weight is 277 g/mol. The molecule has 0 bridgehead atoms. The van der Waals surface area contributed by atoms with E-state index in [2.05, 4.69) is 60.1 Å². The Bertz CT molecular complexity index is 203. The summed E-state index contributed by atoms with van der Waals surface area (Å²) in [5.74, 6) is 0.487. The lowest BCUT2D eigenvalue weighted by Crippen LogP contribution is -2.38. The summed E-state index contributed by atoms with van der Waals surface area (Å²) in [6.45, 7) is 22.0. The fourth-order valence-electron chi connectivity index (χ4n) is 1.25. The summed E-state index contributed by atoms with van der Waals surface area (Å²) < 4.78 is 12.1. The molecule has 0 N–H and O–H groups in total. The first-order chi connectivity index (χ1) is 7.31. The van der Waals surface area contributed by atoms with Crippen molar-refractivity contribution in [2.75, 3.05) is 13.2 Å². The zero-order valence-electron chi connectivity index (χ0n) is 13.3. The van der Waals surface area contributed by atoms with Crippen molar-refractivity contribution in [3.05, 3.63) is 0 Å². The molecule has 0 amide bonds. The molecule has 0 aromatic rings. The van der Waals surface area contributed by atoms with Crippen LogP contribution in [0, 0.1) is 11.3 Å². The first-order valence-electron chi connectivity index (χ1n) is 6.59. The van der Waals surface area contributed by atoms with Gasteiger partial charge in [-0.2, -0.15) is 0 Å². The first-order valence-corrected chi connectivity index (χ1v) is 13.4. The van der Waals surface area contributed by atoms with Gasteiger partial charge in [0.25, 0.3) is 0 Å². The molecular weight excluding hydrogens is 244 g/mol. The quantitative estimate of drug-likeness (QED) is 0.671. The van der Waals surface area contributed by atoms with Crippen molar-refractivity contribution in [1.29, 1.82) is 0 Å². The van der Waals surface area contributed by atoms with Crippen molar-refractivity contribution in [1.82, 2.24) is 0 Å². The number of hydrogen-bond acceptors (Lipinski definition) is 2. The van der Waals surface area contributed by atoms with Crippen LogP contribution in [0.3, 0.4) is 0 Å². The van der Waals surface area contributed by atoms with Crippen molar-refractivity contribution < 1.29 is 8.85 Å². The van der Waals surface area contributed by atoms with Gasteiger partial charge in [0.2, 0.25) is 0 Å². The minimum atomic E-state index is -1.42. The van der Waals surface area contributed by atoms with Crippen molar-refractivity contribution in [3.63, 3.8) is 0 Å². The van der Waals surface area contributed by atoms with Gasteiger partial charge in [0.15, 0.2) is 16.6 Å². The van der Waals surface area contributed by atoms with Gasteiger partial charge in [0.05, 0.1) is 0 Å². The van der Waals surface area contributed by atoms with E-state index in [1.54, 1.807) is 0 Å². The molecule has 0 rings (SSSR count). The molecule has 0 unspecified atom stereocenters. The van der Waals surface area contributed by atoms with Crippen LogP contribution in [0.4, 0.5) is 0 Å². The summed E-state index contributed by atoms with van der Waals surface area (Å²) in [4.78, 5) is 0. The molecule has 17 heavy (non-hydrogen) atoms. The van der Waals surface area contributed by atoms with Gasteiger partial charge >= 0.3 is 0 Å². The highest BCUT2D eigenvalue weighted by molar-refractivity contribution is 6.70. The van der Waals surface area contributed by atoms with Gasteiger partial charge in [-0.05, 0) is 44.7 Å². The van der Waals surface area contributed by atoms with Crippen molar-refractivity contribution >= 4 is 16.6 Å². The van der Waals surface area contributed by atoms with E-state index in [9.17, 15) is 0 Å². The molecule has 0 atom stereocenters. The lowest BCUT2D eigenvalue weighted by Gasteiger charge is -2.34.